The summed E-state index contributed by atoms with van der Waals surface area (Å²) < 4.78 is 4.56. The van der Waals surface area contributed by atoms with E-state index in [-0.39, 0.29) is 12.1 Å². The van der Waals surface area contributed by atoms with Crippen LogP contribution in [0.3, 0.4) is 0 Å². The number of unbranched alkanes of at least 4 members (excludes halogenated alkanes) is 4. The van der Waals surface area contributed by atoms with Crippen LogP contribution in [0.5, 0.6) is 0 Å². The molecule has 3 nitrogen and oxygen atoms in total. The first-order valence-corrected chi connectivity index (χ1v) is 6.06. The maximum absolute atomic E-state index is 10.8. The van der Waals surface area contributed by atoms with Crippen molar-refractivity contribution in [3.05, 3.63) is 12.2 Å². The Labute approximate surface area is 98.5 Å². The van der Waals surface area contributed by atoms with Crippen LogP contribution in [0.2, 0.25) is 0 Å². The topological polar surface area (TPSA) is 46.5 Å². The first-order valence-electron chi connectivity index (χ1n) is 6.06. The number of carbonyl (C=O) groups is 1. The van der Waals surface area contributed by atoms with Crippen molar-refractivity contribution in [1.29, 1.82) is 0 Å². The molecule has 0 saturated carbocycles. The molecule has 0 amide bonds. The highest BCUT2D eigenvalue weighted by molar-refractivity contribution is 5.68. The highest BCUT2D eigenvalue weighted by atomic mass is 16.5. The molecule has 16 heavy (non-hydrogen) atoms. The van der Waals surface area contributed by atoms with Crippen LogP contribution in [0.4, 0.5) is 0 Å². The van der Waals surface area contributed by atoms with Crippen LogP contribution in [-0.4, -0.2) is 24.3 Å². The number of carbonyl (C=O) groups excluding carboxylic acids is 1. The number of esters is 1. The number of hydrogen-bond donors (Lipinski definition) is 1. The summed E-state index contributed by atoms with van der Waals surface area (Å²) in [6.07, 6.45) is 10.5. The first-order chi connectivity index (χ1) is 7.66. The number of methoxy groups -OCH3 is 1. The predicted molar refractivity (Wildman–Crippen MR) is 65.2 cm³/mol. The monoisotopic (exact) mass is 228 g/mol. The van der Waals surface area contributed by atoms with Gasteiger partial charge in [0.25, 0.3) is 0 Å². The Balaban J connectivity index is 3.15. The summed E-state index contributed by atoms with van der Waals surface area (Å²) in [4.78, 5) is 10.8. The van der Waals surface area contributed by atoms with Gasteiger partial charge in [0.05, 0.1) is 13.2 Å². The second-order valence-electron chi connectivity index (χ2n) is 4.09. The minimum Gasteiger partial charge on any atom is -0.469 e. The molecule has 0 aliphatic rings. The standard InChI is InChI=1S/C13H24O3/c1-12(14)10-8-6-4-3-5-7-9-11-13(15)16-2/h6,8,12,14H,3-5,7,9-11H2,1-2H3/b8-6+. The van der Waals surface area contributed by atoms with Crippen LogP contribution < -0.4 is 0 Å². The first kappa shape index (κ1) is 15.2. The van der Waals surface area contributed by atoms with Gasteiger partial charge in [-0.1, -0.05) is 25.0 Å². The third-order valence-electron chi connectivity index (χ3n) is 2.37. The molecule has 94 valence electrons. The third-order valence-corrected chi connectivity index (χ3v) is 2.37. The number of aliphatic hydroxyl groups is 1. The Morgan fingerprint density at radius 1 is 1.25 bits per heavy atom. The molecule has 0 bridgehead atoms. The lowest BCUT2D eigenvalue weighted by molar-refractivity contribution is -0.140. The van der Waals surface area contributed by atoms with Gasteiger partial charge in [0.15, 0.2) is 0 Å². The molecule has 0 rings (SSSR count). The fraction of sp³-hybridized carbons (Fsp3) is 0.769. The Hall–Kier alpha value is -0.830. The molecule has 0 heterocycles. The van der Waals surface area contributed by atoms with E-state index in [0.29, 0.717) is 6.42 Å². The third kappa shape index (κ3) is 11.2. The van der Waals surface area contributed by atoms with Crippen molar-refractivity contribution >= 4 is 5.97 Å². The molecular formula is C13H24O3. The molecule has 0 fully saturated rings. The van der Waals surface area contributed by atoms with Gasteiger partial charge in [-0.05, 0) is 32.6 Å². The van der Waals surface area contributed by atoms with Gasteiger partial charge >= 0.3 is 5.97 Å². The molecular weight excluding hydrogens is 204 g/mol. The second-order valence-corrected chi connectivity index (χ2v) is 4.09. The summed E-state index contributed by atoms with van der Waals surface area (Å²) in [7, 11) is 1.43. The SMILES string of the molecule is COC(=O)CCCCCC/C=C/CC(C)O. The van der Waals surface area contributed by atoms with Gasteiger partial charge in [-0.2, -0.15) is 0 Å². The molecule has 0 aromatic heterocycles. The Bertz CT molecular complexity index is 197. The molecule has 0 radical (unpaired) electrons. The molecule has 0 aliphatic heterocycles. The molecule has 0 aromatic rings. The Morgan fingerprint density at radius 2 is 1.94 bits per heavy atom. The largest absolute Gasteiger partial charge is 0.469 e. The zero-order chi connectivity index (χ0) is 12.2. The fourth-order valence-corrected chi connectivity index (χ4v) is 1.40. The highest BCUT2D eigenvalue weighted by Gasteiger charge is 1.98. The van der Waals surface area contributed by atoms with E-state index in [1.165, 1.54) is 7.11 Å². The lowest BCUT2D eigenvalue weighted by Gasteiger charge is -1.99. The van der Waals surface area contributed by atoms with Gasteiger partial charge in [-0.25, -0.2) is 0 Å². The fourth-order valence-electron chi connectivity index (χ4n) is 1.40. The lowest BCUT2D eigenvalue weighted by Crippen LogP contribution is -1.99. The van der Waals surface area contributed by atoms with E-state index in [2.05, 4.69) is 10.8 Å². The van der Waals surface area contributed by atoms with E-state index in [4.69, 9.17) is 5.11 Å². The number of ether oxygens (including phenoxy) is 1. The average Bonchev–Trinajstić information content (AvgIpc) is 2.26. The van der Waals surface area contributed by atoms with Crippen molar-refractivity contribution < 1.29 is 14.6 Å². The molecule has 1 atom stereocenters. The van der Waals surface area contributed by atoms with Crippen molar-refractivity contribution in [1.82, 2.24) is 0 Å². The molecule has 0 spiro atoms. The van der Waals surface area contributed by atoms with E-state index < -0.39 is 0 Å². The number of hydrogen-bond acceptors (Lipinski definition) is 3. The zero-order valence-corrected chi connectivity index (χ0v) is 10.4. The summed E-state index contributed by atoms with van der Waals surface area (Å²) in [6.45, 7) is 1.79. The van der Waals surface area contributed by atoms with Gasteiger partial charge in [0.2, 0.25) is 0 Å². The molecule has 0 aromatic carbocycles. The number of rotatable bonds is 9. The summed E-state index contributed by atoms with van der Waals surface area (Å²) in [5.41, 5.74) is 0. The summed E-state index contributed by atoms with van der Waals surface area (Å²) in [5, 5.41) is 9.01. The Morgan fingerprint density at radius 3 is 2.56 bits per heavy atom. The van der Waals surface area contributed by atoms with Crippen LogP contribution in [0.1, 0.15) is 51.9 Å². The normalized spacial score (nSPS) is 12.9. The maximum atomic E-state index is 10.8. The second kappa shape index (κ2) is 10.7. The summed E-state index contributed by atoms with van der Waals surface area (Å²) >= 11 is 0. The van der Waals surface area contributed by atoms with Crippen LogP contribution in [0.15, 0.2) is 12.2 Å². The van der Waals surface area contributed by atoms with E-state index >= 15 is 0 Å². The van der Waals surface area contributed by atoms with Gasteiger partial charge in [0.1, 0.15) is 0 Å². The van der Waals surface area contributed by atoms with Crippen molar-refractivity contribution in [3.63, 3.8) is 0 Å². The van der Waals surface area contributed by atoms with Crippen LogP contribution in [0.25, 0.3) is 0 Å². The van der Waals surface area contributed by atoms with Gasteiger partial charge < -0.3 is 9.84 Å². The Kier molecular flexibility index (Phi) is 10.1. The number of allylic oxidation sites excluding steroid dienone is 1. The lowest BCUT2D eigenvalue weighted by atomic mass is 10.1. The van der Waals surface area contributed by atoms with Gasteiger partial charge in [-0.3, -0.25) is 4.79 Å². The van der Waals surface area contributed by atoms with Gasteiger partial charge in [0, 0.05) is 6.42 Å². The minimum absolute atomic E-state index is 0.114. The van der Waals surface area contributed by atoms with E-state index in [0.717, 1.165) is 38.5 Å². The van der Waals surface area contributed by atoms with Crippen molar-refractivity contribution in [2.24, 2.45) is 0 Å². The number of aliphatic hydroxyl groups excluding tert-OH is 1. The predicted octanol–water partition coefficient (Wildman–Crippen LogP) is 2.83. The summed E-state index contributed by atoms with van der Waals surface area (Å²) in [5.74, 6) is -0.114. The molecule has 3 heteroatoms. The molecule has 1 unspecified atom stereocenters. The summed E-state index contributed by atoms with van der Waals surface area (Å²) in [6, 6.07) is 0. The van der Waals surface area contributed by atoms with Crippen LogP contribution in [0, 0.1) is 0 Å². The van der Waals surface area contributed by atoms with Crippen molar-refractivity contribution in [2.45, 2.75) is 58.0 Å². The van der Waals surface area contributed by atoms with Crippen LogP contribution in [-0.2, 0) is 9.53 Å². The van der Waals surface area contributed by atoms with Crippen LogP contribution >= 0.6 is 0 Å². The van der Waals surface area contributed by atoms with Crippen molar-refractivity contribution in [3.8, 4) is 0 Å². The average molecular weight is 228 g/mol. The minimum atomic E-state index is -0.240. The highest BCUT2D eigenvalue weighted by Crippen LogP contribution is 2.06. The molecule has 0 aliphatic carbocycles. The zero-order valence-electron chi connectivity index (χ0n) is 10.4. The van der Waals surface area contributed by atoms with E-state index in [9.17, 15) is 4.79 Å². The molecule has 0 saturated heterocycles. The van der Waals surface area contributed by atoms with Gasteiger partial charge in [-0.15, -0.1) is 0 Å². The van der Waals surface area contributed by atoms with Crippen molar-refractivity contribution in [2.75, 3.05) is 7.11 Å². The van der Waals surface area contributed by atoms with E-state index in [1.54, 1.807) is 6.92 Å². The molecule has 1 N–H and O–H groups in total. The van der Waals surface area contributed by atoms with E-state index in [1.807, 2.05) is 6.08 Å². The quantitative estimate of drug-likeness (QED) is 0.375. The maximum Gasteiger partial charge on any atom is 0.305 e. The smallest absolute Gasteiger partial charge is 0.305 e.